The van der Waals surface area contributed by atoms with Gasteiger partial charge in [-0.05, 0) is 33.6 Å². The molecule has 4 nitrogen and oxygen atoms in total. The monoisotopic (exact) mass is 258 g/mol. The molecule has 0 aliphatic carbocycles. The Labute approximate surface area is 110 Å². The molecule has 0 bridgehead atoms. The normalized spacial score (nSPS) is 11.1. The summed E-state index contributed by atoms with van der Waals surface area (Å²) in [6, 6.07) is 0. The molecular weight excluding hydrogens is 232 g/mol. The van der Waals surface area contributed by atoms with Gasteiger partial charge in [0.15, 0.2) is 0 Å². The lowest BCUT2D eigenvalue weighted by Gasteiger charge is -2.21. The first-order valence-electron chi connectivity index (χ1n) is 6.77. The predicted molar refractivity (Wildman–Crippen MR) is 70.1 cm³/mol. The minimum absolute atomic E-state index is 0.178. The van der Waals surface area contributed by atoms with Gasteiger partial charge in [0, 0.05) is 6.42 Å². The first-order valence-corrected chi connectivity index (χ1v) is 6.77. The van der Waals surface area contributed by atoms with E-state index in [0.29, 0.717) is 19.4 Å². The van der Waals surface area contributed by atoms with Gasteiger partial charge in [0.2, 0.25) is 0 Å². The maximum atomic E-state index is 11.6. The van der Waals surface area contributed by atoms with Crippen molar-refractivity contribution in [2.45, 2.75) is 59.8 Å². The lowest BCUT2D eigenvalue weighted by atomic mass is 9.90. The van der Waals surface area contributed by atoms with Crippen molar-refractivity contribution in [3.8, 4) is 0 Å². The quantitative estimate of drug-likeness (QED) is 0.471. The van der Waals surface area contributed by atoms with Crippen molar-refractivity contribution in [3.63, 3.8) is 0 Å². The van der Waals surface area contributed by atoms with Crippen LogP contribution in [0.1, 0.15) is 59.8 Å². The Morgan fingerprint density at radius 3 is 2.28 bits per heavy atom. The SMILES string of the molecule is CCCCCC(=O)OCCC(C)(C)C(=O)OCC. The van der Waals surface area contributed by atoms with Crippen LogP contribution in [0.2, 0.25) is 0 Å². The lowest BCUT2D eigenvalue weighted by Crippen LogP contribution is -2.28. The highest BCUT2D eigenvalue weighted by atomic mass is 16.5. The molecule has 0 N–H and O–H groups in total. The molecule has 0 saturated heterocycles. The van der Waals surface area contributed by atoms with Gasteiger partial charge < -0.3 is 9.47 Å². The van der Waals surface area contributed by atoms with Crippen molar-refractivity contribution in [1.82, 2.24) is 0 Å². The van der Waals surface area contributed by atoms with Crippen LogP contribution in [0.25, 0.3) is 0 Å². The van der Waals surface area contributed by atoms with Crippen molar-refractivity contribution >= 4 is 11.9 Å². The summed E-state index contributed by atoms with van der Waals surface area (Å²) < 4.78 is 10.1. The van der Waals surface area contributed by atoms with E-state index in [4.69, 9.17) is 9.47 Å². The molecule has 0 saturated carbocycles. The number of hydrogen-bond acceptors (Lipinski definition) is 4. The van der Waals surface area contributed by atoms with Crippen LogP contribution >= 0.6 is 0 Å². The summed E-state index contributed by atoms with van der Waals surface area (Å²) >= 11 is 0. The Hall–Kier alpha value is -1.06. The van der Waals surface area contributed by atoms with Gasteiger partial charge in [-0.25, -0.2) is 0 Å². The first-order chi connectivity index (χ1) is 8.44. The summed E-state index contributed by atoms with van der Waals surface area (Å²) in [5, 5.41) is 0. The Morgan fingerprint density at radius 2 is 1.72 bits per heavy atom. The highest BCUT2D eigenvalue weighted by molar-refractivity contribution is 5.76. The van der Waals surface area contributed by atoms with Crippen molar-refractivity contribution in [2.75, 3.05) is 13.2 Å². The topological polar surface area (TPSA) is 52.6 Å². The van der Waals surface area contributed by atoms with Crippen molar-refractivity contribution in [3.05, 3.63) is 0 Å². The zero-order valence-corrected chi connectivity index (χ0v) is 12.1. The van der Waals surface area contributed by atoms with Gasteiger partial charge in [0.1, 0.15) is 0 Å². The van der Waals surface area contributed by atoms with Crippen LogP contribution in [-0.2, 0) is 19.1 Å². The second-order valence-corrected chi connectivity index (χ2v) is 5.03. The molecule has 0 aromatic rings. The number of unbranched alkanes of at least 4 members (excludes halogenated alkanes) is 2. The third-order valence-corrected chi connectivity index (χ3v) is 2.80. The van der Waals surface area contributed by atoms with Crippen LogP contribution in [0.4, 0.5) is 0 Å². The molecule has 0 rings (SSSR count). The van der Waals surface area contributed by atoms with E-state index in [1.807, 2.05) is 0 Å². The predicted octanol–water partition coefficient (Wildman–Crippen LogP) is 3.09. The summed E-state index contributed by atoms with van der Waals surface area (Å²) in [6.45, 7) is 8.12. The van der Waals surface area contributed by atoms with E-state index in [-0.39, 0.29) is 18.5 Å². The van der Waals surface area contributed by atoms with Gasteiger partial charge in [-0.1, -0.05) is 19.8 Å². The summed E-state index contributed by atoms with van der Waals surface area (Å²) in [5.74, 6) is -0.421. The Balaban J connectivity index is 3.81. The molecule has 18 heavy (non-hydrogen) atoms. The summed E-state index contributed by atoms with van der Waals surface area (Å²) in [6.07, 6.45) is 3.96. The zero-order valence-electron chi connectivity index (χ0n) is 12.1. The smallest absolute Gasteiger partial charge is 0.311 e. The van der Waals surface area contributed by atoms with E-state index in [1.165, 1.54) is 0 Å². The van der Waals surface area contributed by atoms with E-state index in [2.05, 4.69) is 6.92 Å². The summed E-state index contributed by atoms with van der Waals surface area (Å²) in [7, 11) is 0. The molecule has 0 unspecified atom stereocenters. The average molecular weight is 258 g/mol. The molecule has 0 aliphatic rings. The van der Waals surface area contributed by atoms with Gasteiger partial charge in [0.05, 0.1) is 18.6 Å². The van der Waals surface area contributed by atoms with Crippen LogP contribution in [-0.4, -0.2) is 25.2 Å². The van der Waals surface area contributed by atoms with E-state index in [1.54, 1.807) is 20.8 Å². The molecule has 0 amide bonds. The maximum absolute atomic E-state index is 11.6. The van der Waals surface area contributed by atoms with Crippen LogP contribution in [0, 0.1) is 5.41 Å². The molecule has 0 aliphatic heterocycles. The molecule has 4 heteroatoms. The number of ether oxygens (including phenoxy) is 2. The standard InChI is InChI=1S/C14H26O4/c1-5-7-8-9-12(15)18-11-10-14(3,4)13(16)17-6-2/h5-11H2,1-4H3. The molecule has 0 heterocycles. The van der Waals surface area contributed by atoms with Crippen LogP contribution in [0.5, 0.6) is 0 Å². The van der Waals surface area contributed by atoms with Crippen LogP contribution in [0.3, 0.4) is 0 Å². The summed E-state index contributed by atoms with van der Waals surface area (Å²) in [5.41, 5.74) is -0.598. The number of carbonyl (C=O) groups excluding carboxylic acids is 2. The van der Waals surface area contributed by atoms with Gasteiger partial charge >= 0.3 is 11.9 Å². The van der Waals surface area contributed by atoms with Crippen molar-refractivity contribution in [2.24, 2.45) is 5.41 Å². The fourth-order valence-electron chi connectivity index (χ4n) is 1.44. The molecule has 0 aromatic heterocycles. The van der Waals surface area contributed by atoms with Gasteiger partial charge in [-0.3, -0.25) is 9.59 Å². The molecule has 0 spiro atoms. The highest BCUT2D eigenvalue weighted by Gasteiger charge is 2.29. The molecule has 0 aromatic carbocycles. The van der Waals surface area contributed by atoms with Crippen molar-refractivity contribution in [1.29, 1.82) is 0 Å². The Kier molecular flexibility index (Phi) is 8.42. The highest BCUT2D eigenvalue weighted by Crippen LogP contribution is 2.22. The number of rotatable bonds is 9. The minimum atomic E-state index is -0.598. The zero-order chi connectivity index (χ0) is 14.0. The Morgan fingerprint density at radius 1 is 1.06 bits per heavy atom. The van der Waals surface area contributed by atoms with Gasteiger partial charge in [-0.2, -0.15) is 0 Å². The maximum Gasteiger partial charge on any atom is 0.311 e. The molecular formula is C14H26O4. The molecule has 0 fully saturated rings. The molecule has 0 radical (unpaired) electrons. The van der Waals surface area contributed by atoms with E-state index in [0.717, 1.165) is 19.3 Å². The van der Waals surface area contributed by atoms with Crippen LogP contribution < -0.4 is 0 Å². The number of carbonyl (C=O) groups is 2. The van der Waals surface area contributed by atoms with Gasteiger partial charge in [-0.15, -0.1) is 0 Å². The lowest BCUT2D eigenvalue weighted by molar-refractivity contribution is -0.156. The number of hydrogen-bond donors (Lipinski definition) is 0. The summed E-state index contributed by atoms with van der Waals surface area (Å²) in [4.78, 5) is 22.9. The third kappa shape index (κ3) is 7.30. The molecule has 106 valence electrons. The van der Waals surface area contributed by atoms with E-state index < -0.39 is 5.41 Å². The fourth-order valence-corrected chi connectivity index (χ4v) is 1.44. The Bertz CT molecular complexity index is 259. The van der Waals surface area contributed by atoms with E-state index >= 15 is 0 Å². The largest absolute Gasteiger partial charge is 0.466 e. The van der Waals surface area contributed by atoms with Crippen molar-refractivity contribution < 1.29 is 19.1 Å². The number of esters is 2. The van der Waals surface area contributed by atoms with Gasteiger partial charge in [0.25, 0.3) is 0 Å². The second kappa shape index (κ2) is 8.95. The average Bonchev–Trinajstić information content (AvgIpc) is 2.29. The minimum Gasteiger partial charge on any atom is -0.466 e. The van der Waals surface area contributed by atoms with Crippen LogP contribution in [0.15, 0.2) is 0 Å². The third-order valence-electron chi connectivity index (χ3n) is 2.80. The molecule has 0 atom stereocenters. The fraction of sp³-hybridized carbons (Fsp3) is 0.857. The van der Waals surface area contributed by atoms with E-state index in [9.17, 15) is 9.59 Å². The second-order valence-electron chi connectivity index (χ2n) is 5.03. The first kappa shape index (κ1) is 16.9.